The highest BCUT2D eigenvalue weighted by Crippen LogP contribution is 2.20. The molecule has 0 atom stereocenters. The Morgan fingerprint density at radius 2 is 2.43 bits per heavy atom. The molecular weight excluding hydrogens is 180 g/mol. The van der Waals surface area contributed by atoms with Crippen LogP contribution < -0.4 is 5.73 Å². The van der Waals surface area contributed by atoms with Crippen molar-refractivity contribution in [2.24, 2.45) is 0 Å². The molecule has 2 aromatic heterocycles. The number of aromatic amines is 1. The first kappa shape index (κ1) is 8.74. The highest BCUT2D eigenvalue weighted by molar-refractivity contribution is 5.67. The van der Waals surface area contributed by atoms with Gasteiger partial charge in [-0.2, -0.15) is 5.10 Å². The van der Waals surface area contributed by atoms with Crippen LogP contribution in [-0.4, -0.2) is 25.0 Å². The van der Waals surface area contributed by atoms with Crippen molar-refractivity contribution in [1.29, 1.82) is 0 Å². The zero-order valence-electron chi connectivity index (χ0n) is 7.94. The van der Waals surface area contributed by atoms with Gasteiger partial charge in [-0.05, 0) is 6.42 Å². The monoisotopic (exact) mass is 192 g/mol. The van der Waals surface area contributed by atoms with Gasteiger partial charge in [0.05, 0.1) is 11.8 Å². The van der Waals surface area contributed by atoms with Crippen molar-refractivity contribution in [3.8, 4) is 11.4 Å². The van der Waals surface area contributed by atoms with Gasteiger partial charge in [-0.1, -0.05) is 6.92 Å². The Kier molecular flexibility index (Phi) is 2.18. The summed E-state index contributed by atoms with van der Waals surface area (Å²) >= 11 is 0. The Hall–Kier alpha value is -1.85. The van der Waals surface area contributed by atoms with E-state index in [-0.39, 0.29) is 0 Å². The number of nitrogens with one attached hydrogen (secondary N) is 1. The van der Waals surface area contributed by atoms with Crippen molar-refractivity contribution in [2.75, 3.05) is 5.73 Å². The molecule has 2 aromatic rings. The Balaban J connectivity index is 2.41. The summed E-state index contributed by atoms with van der Waals surface area (Å²) in [5, 5.41) is 14.4. The zero-order valence-corrected chi connectivity index (χ0v) is 7.94. The van der Waals surface area contributed by atoms with Gasteiger partial charge in [-0.25, -0.2) is 0 Å². The van der Waals surface area contributed by atoms with Crippen LogP contribution in [0.15, 0.2) is 12.5 Å². The van der Waals surface area contributed by atoms with Gasteiger partial charge in [0, 0.05) is 6.54 Å². The minimum Gasteiger partial charge on any atom is -0.383 e. The molecule has 3 N–H and O–H groups in total. The number of aromatic nitrogens is 5. The molecule has 2 heterocycles. The van der Waals surface area contributed by atoms with E-state index in [0.29, 0.717) is 5.82 Å². The zero-order chi connectivity index (χ0) is 9.97. The quantitative estimate of drug-likeness (QED) is 0.748. The second-order valence-corrected chi connectivity index (χ2v) is 3.05. The molecule has 74 valence electrons. The molecule has 14 heavy (non-hydrogen) atoms. The minimum atomic E-state index is 0.523. The second-order valence-electron chi connectivity index (χ2n) is 3.05. The minimum absolute atomic E-state index is 0.523. The van der Waals surface area contributed by atoms with E-state index in [1.54, 1.807) is 12.5 Å². The summed E-state index contributed by atoms with van der Waals surface area (Å²) in [5.74, 6) is 1.29. The van der Waals surface area contributed by atoms with E-state index in [1.807, 2.05) is 4.57 Å². The van der Waals surface area contributed by atoms with Gasteiger partial charge < -0.3 is 10.3 Å². The summed E-state index contributed by atoms with van der Waals surface area (Å²) in [6, 6.07) is 0. The fraction of sp³-hybridized carbons (Fsp3) is 0.375. The fourth-order valence-corrected chi connectivity index (χ4v) is 1.34. The first-order valence-electron chi connectivity index (χ1n) is 4.50. The van der Waals surface area contributed by atoms with Gasteiger partial charge in [0.2, 0.25) is 0 Å². The van der Waals surface area contributed by atoms with Gasteiger partial charge in [-0.3, -0.25) is 5.10 Å². The van der Waals surface area contributed by atoms with Crippen molar-refractivity contribution >= 4 is 5.82 Å². The van der Waals surface area contributed by atoms with Crippen LogP contribution in [0.2, 0.25) is 0 Å². The molecule has 0 aromatic carbocycles. The summed E-state index contributed by atoms with van der Waals surface area (Å²) in [5.41, 5.74) is 6.50. The van der Waals surface area contributed by atoms with Crippen LogP contribution in [0.5, 0.6) is 0 Å². The summed E-state index contributed by atoms with van der Waals surface area (Å²) in [6.07, 6.45) is 4.39. The topological polar surface area (TPSA) is 85.4 Å². The Labute approximate surface area is 81.1 Å². The summed E-state index contributed by atoms with van der Waals surface area (Å²) in [6.45, 7) is 2.98. The molecule has 6 heteroatoms. The van der Waals surface area contributed by atoms with Gasteiger partial charge in [0.15, 0.2) is 5.82 Å². The van der Waals surface area contributed by atoms with Crippen LogP contribution >= 0.6 is 0 Å². The number of hydrogen-bond donors (Lipinski definition) is 2. The summed E-state index contributed by atoms with van der Waals surface area (Å²) in [7, 11) is 0. The van der Waals surface area contributed by atoms with E-state index in [9.17, 15) is 0 Å². The molecule has 0 amide bonds. The van der Waals surface area contributed by atoms with Crippen molar-refractivity contribution in [1.82, 2.24) is 25.0 Å². The van der Waals surface area contributed by atoms with Crippen molar-refractivity contribution in [2.45, 2.75) is 19.9 Å². The normalized spacial score (nSPS) is 10.6. The molecule has 0 spiro atoms. The number of nitrogens with two attached hydrogens (primary N) is 1. The Morgan fingerprint density at radius 1 is 1.57 bits per heavy atom. The highest BCUT2D eigenvalue weighted by Gasteiger charge is 2.11. The molecule has 0 aliphatic rings. The predicted molar refractivity (Wildman–Crippen MR) is 52.3 cm³/mol. The number of nitrogen functional groups attached to an aromatic ring is 1. The summed E-state index contributed by atoms with van der Waals surface area (Å²) in [4.78, 5) is 0. The average molecular weight is 192 g/mol. The molecule has 0 saturated carbocycles. The number of rotatable bonds is 3. The second kappa shape index (κ2) is 3.49. The SMILES string of the molecule is CCCn1cnnc1-c1cn[nH]c1N. The van der Waals surface area contributed by atoms with E-state index in [1.165, 1.54) is 0 Å². The van der Waals surface area contributed by atoms with Gasteiger partial charge >= 0.3 is 0 Å². The van der Waals surface area contributed by atoms with Crippen LogP contribution in [0.4, 0.5) is 5.82 Å². The van der Waals surface area contributed by atoms with Crippen molar-refractivity contribution < 1.29 is 0 Å². The van der Waals surface area contributed by atoms with Crippen LogP contribution in [-0.2, 0) is 6.54 Å². The van der Waals surface area contributed by atoms with Crippen LogP contribution in [0, 0.1) is 0 Å². The maximum Gasteiger partial charge on any atom is 0.169 e. The molecule has 0 saturated heterocycles. The number of anilines is 1. The standard InChI is InChI=1S/C8H12N6/c1-2-3-14-5-11-13-8(14)6-4-10-12-7(6)9/h4-5H,2-3H2,1H3,(H3,9,10,12). The first-order valence-corrected chi connectivity index (χ1v) is 4.50. The third-order valence-electron chi connectivity index (χ3n) is 1.99. The van der Waals surface area contributed by atoms with Crippen LogP contribution in [0.1, 0.15) is 13.3 Å². The summed E-state index contributed by atoms with van der Waals surface area (Å²) < 4.78 is 1.96. The fourth-order valence-electron chi connectivity index (χ4n) is 1.34. The molecule has 0 unspecified atom stereocenters. The number of nitrogens with zero attached hydrogens (tertiary/aromatic N) is 4. The van der Waals surface area contributed by atoms with E-state index >= 15 is 0 Å². The molecule has 0 bridgehead atoms. The molecule has 0 fully saturated rings. The van der Waals surface area contributed by atoms with E-state index in [2.05, 4.69) is 27.3 Å². The van der Waals surface area contributed by atoms with Crippen LogP contribution in [0.3, 0.4) is 0 Å². The van der Waals surface area contributed by atoms with Gasteiger partial charge in [-0.15, -0.1) is 10.2 Å². The van der Waals surface area contributed by atoms with Crippen molar-refractivity contribution in [3.05, 3.63) is 12.5 Å². The molecular formula is C8H12N6. The lowest BCUT2D eigenvalue weighted by Gasteiger charge is -2.02. The van der Waals surface area contributed by atoms with Crippen LogP contribution in [0.25, 0.3) is 11.4 Å². The number of hydrogen-bond acceptors (Lipinski definition) is 4. The molecule has 0 radical (unpaired) electrons. The Morgan fingerprint density at radius 3 is 3.07 bits per heavy atom. The van der Waals surface area contributed by atoms with E-state index < -0.39 is 0 Å². The van der Waals surface area contributed by atoms with Gasteiger partial charge in [0.25, 0.3) is 0 Å². The maximum absolute atomic E-state index is 5.70. The smallest absolute Gasteiger partial charge is 0.169 e. The van der Waals surface area contributed by atoms with E-state index in [0.717, 1.165) is 24.4 Å². The highest BCUT2D eigenvalue weighted by atomic mass is 15.3. The van der Waals surface area contributed by atoms with Crippen molar-refractivity contribution in [3.63, 3.8) is 0 Å². The third-order valence-corrected chi connectivity index (χ3v) is 1.99. The molecule has 0 aliphatic heterocycles. The number of aryl methyl sites for hydroxylation is 1. The first-order chi connectivity index (χ1) is 6.83. The number of H-pyrrole nitrogens is 1. The Bertz CT molecular complexity index is 415. The molecule has 6 nitrogen and oxygen atoms in total. The predicted octanol–water partition coefficient (Wildman–Crippen LogP) is 0.660. The lowest BCUT2D eigenvalue weighted by molar-refractivity contribution is 0.683. The molecule has 0 aliphatic carbocycles. The molecule has 2 rings (SSSR count). The average Bonchev–Trinajstić information content (AvgIpc) is 2.74. The largest absolute Gasteiger partial charge is 0.383 e. The third kappa shape index (κ3) is 1.34. The maximum atomic E-state index is 5.70. The lowest BCUT2D eigenvalue weighted by Crippen LogP contribution is -1.99. The van der Waals surface area contributed by atoms with Gasteiger partial charge in [0.1, 0.15) is 12.1 Å². The lowest BCUT2D eigenvalue weighted by atomic mass is 10.3. The van der Waals surface area contributed by atoms with E-state index in [4.69, 9.17) is 5.73 Å².